The lowest BCUT2D eigenvalue weighted by molar-refractivity contribution is -0.119. The molecule has 3 rings (SSSR count). The van der Waals surface area contributed by atoms with Crippen LogP contribution in [0.2, 0.25) is 0 Å². The van der Waals surface area contributed by atoms with E-state index in [1.54, 1.807) is 12.3 Å². The largest absolute Gasteiger partial charge is 0.471 e. The van der Waals surface area contributed by atoms with Gasteiger partial charge in [-0.05, 0) is 43.5 Å². The van der Waals surface area contributed by atoms with E-state index in [1.165, 1.54) is 18.3 Å². The van der Waals surface area contributed by atoms with E-state index in [-0.39, 0.29) is 35.1 Å². The summed E-state index contributed by atoms with van der Waals surface area (Å²) in [5, 5.41) is 2.85. The summed E-state index contributed by atoms with van der Waals surface area (Å²) in [6, 6.07) is 6.14. The first-order chi connectivity index (χ1) is 13.7. The second kappa shape index (κ2) is 8.63. The summed E-state index contributed by atoms with van der Waals surface area (Å²) in [4.78, 5) is 32.5. The van der Waals surface area contributed by atoms with Crippen molar-refractivity contribution in [2.24, 2.45) is 5.92 Å². The number of alkyl halides is 2. The van der Waals surface area contributed by atoms with Crippen molar-refractivity contribution in [2.75, 3.05) is 6.61 Å². The van der Waals surface area contributed by atoms with Crippen LogP contribution in [0.1, 0.15) is 54.3 Å². The lowest BCUT2D eigenvalue weighted by Gasteiger charge is -2.15. The Kier molecular flexibility index (Phi) is 6.20. The molecule has 0 aliphatic heterocycles. The molecule has 0 saturated heterocycles. The molecule has 0 spiro atoms. The number of carbonyl (C=O) groups excluding carboxylic acids is 2. The number of amides is 1. The Morgan fingerprint density at radius 2 is 2.03 bits per heavy atom. The van der Waals surface area contributed by atoms with Gasteiger partial charge in [0, 0.05) is 43.4 Å². The molecule has 8 heteroatoms. The van der Waals surface area contributed by atoms with Crippen molar-refractivity contribution in [1.82, 2.24) is 15.3 Å². The van der Waals surface area contributed by atoms with Gasteiger partial charge in [0.2, 0.25) is 5.88 Å². The summed E-state index contributed by atoms with van der Waals surface area (Å²) in [5.74, 6) is -2.90. The maximum absolute atomic E-state index is 12.8. The Balaban J connectivity index is 1.57. The van der Waals surface area contributed by atoms with Gasteiger partial charge in [-0.15, -0.1) is 0 Å². The standard InChI is InChI=1S/C21H23F2N3O3/c1-13(15-7-8-24-17(9-15)10-18(27)14-3-4-14)26-20(28)16-5-6-19(25-11-16)29-12-21(2,22)23/h5-9,11,13-14H,3-4,10,12H2,1-2H3,(H,26,28). The van der Waals surface area contributed by atoms with Crippen LogP contribution in [-0.4, -0.2) is 34.2 Å². The normalized spacial score (nSPS) is 14.9. The van der Waals surface area contributed by atoms with Gasteiger partial charge in [0.15, 0.2) is 6.61 Å². The summed E-state index contributed by atoms with van der Waals surface area (Å²) in [5.41, 5.74) is 1.81. The average Bonchev–Trinajstić information content (AvgIpc) is 3.52. The van der Waals surface area contributed by atoms with E-state index >= 15 is 0 Å². The Morgan fingerprint density at radius 1 is 1.28 bits per heavy atom. The fourth-order valence-corrected chi connectivity index (χ4v) is 2.75. The lowest BCUT2D eigenvalue weighted by Crippen LogP contribution is -2.27. The maximum atomic E-state index is 12.8. The van der Waals surface area contributed by atoms with Crippen molar-refractivity contribution >= 4 is 11.7 Å². The molecule has 1 atom stereocenters. The molecule has 6 nitrogen and oxygen atoms in total. The predicted molar refractivity (Wildman–Crippen MR) is 102 cm³/mol. The minimum Gasteiger partial charge on any atom is -0.471 e. The molecule has 1 N–H and O–H groups in total. The highest BCUT2D eigenvalue weighted by atomic mass is 19.3. The second-order valence-corrected chi connectivity index (χ2v) is 7.44. The van der Waals surface area contributed by atoms with Crippen molar-refractivity contribution in [3.8, 4) is 5.88 Å². The molecule has 0 aromatic carbocycles. The Bertz CT molecular complexity index is 877. The van der Waals surface area contributed by atoms with Crippen molar-refractivity contribution < 1.29 is 23.1 Å². The number of aromatic nitrogens is 2. The highest BCUT2D eigenvalue weighted by molar-refractivity contribution is 5.94. The SMILES string of the molecule is CC(NC(=O)c1ccc(OCC(C)(F)F)nc1)c1ccnc(CC(=O)C2CC2)c1. The van der Waals surface area contributed by atoms with Crippen LogP contribution in [-0.2, 0) is 11.2 Å². The van der Waals surface area contributed by atoms with Gasteiger partial charge in [-0.2, -0.15) is 0 Å². The van der Waals surface area contributed by atoms with Gasteiger partial charge in [0.05, 0.1) is 11.6 Å². The number of carbonyl (C=O) groups is 2. The molecule has 2 heterocycles. The van der Waals surface area contributed by atoms with Crippen molar-refractivity contribution in [1.29, 1.82) is 0 Å². The minimum absolute atomic E-state index is 0.0234. The summed E-state index contributed by atoms with van der Waals surface area (Å²) < 4.78 is 30.5. The monoisotopic (exact) mass is 403 g/mol. The quantitative estimate of drug-likeness (QED) is 0.693. The molecule has 0 bridgehead atoms. The summed E-state index contributed by atoms with van der Waals surface area (Å²) >= 11 is 0. The number of ketones is 1. The fourth-order valence-electron chi connectivity index (χ4n) is 2.75. The molecule has 2 aromatic heterocycles. The van der Waals surface area contributed by atoms with Gasteiger partial charge < -0.3 is 10.1 Å². The molecule has 1 aliphatic carbocycles. The number of hydrogen-bond donors (Lipinski definition) is 1. The zero-order valence-electron chi connectivity index (χ0n) is 16.3. The third-order valence-corrected chi connectivity index (χ3v) is 4.55. The maximum Gasteiger partial charge on any atom is 0.278 e. The first kappa shape index (κ1) is 20.8. The Morgan fingerprint density at radius 3 is 2.66 bits per heavy atom. The van der Waals surface area contributed by atoms with Crippen LogP contribution in [0, 0.1) is 5.92 Å². The molecular weight excluding hydrogens is 380 g/mol. The van der Waals surface area contributed by atoms with Gasteiger partial charge in [-0.25, -0.2) is 13.8 Å². The van der Waals surface area contributed by atoms with Crippen molar-refractivity contribution in [3.63, 3.8) is 0 Å². The van der Waals surface area contributed by atoms with Crippen LogP contribution >= 0.6 is 0 Å². The third kappa shape index (κ3) is 6.30. The number of halogens is 2. The van der Waals surface area contributed by atoms with Crippen LogP contribution in [0.25, 0.3) is 0 Å². The molecule has 1 amide bonds. The second-order valence-electron chi connectivity index (χ2n) is 7.44. The Labute approximate surface area is 167 Å². The molecule has 154 valence electrons. The average molecular weight is 403 g/mol. The van der Waals surface area contributed by atoms with Crippen molar-refractivity contribution in [2.45, 2.75) is 45.1 Å². The smallest absolute Gasteiger partial charge is 0.278 e. The lowest BCUT2D eigenvalue weighted by atomic mass is 10.1. The molecule has 1 saturated carbocycles. The van der Waals surface area contributed by atoms with E-state index in [1.807, 2.05) is 13.0 Å². The molecule has 0 radical (unpaired) electrons. The number of rotatable bonds is 9. The fraction of sp³-hybridized carbons (Fsp3) is 0.429. The van der Waals surface area contributed by atoms with E-state index in [9.17, 15) is 18.4 Å². The van der Waals surface area contributed by atoms with E-state index in [0.29, 0.717) is 12.1 Å². The van der Waals surface area contributed by atoms with Gasteiger partial charge in [-0.3, -0.25) is 14.6 Å². The number of nitrogens with zero attached hydrogens (tertiary/aromatic N) is 2. The van der Waals surface area contributed by atoms with Crippen LogP contribution < -0.4 is 10.1 Å². The van der Waals surface area contributed by atoms with Gasteiger partial charge in [-0.1, -0.05) is 0 Å². The first-order valence-corrected chi connectivity index (χ1v) is 9.46. The first-order valence-electron chi connectivity index (χ1n) is 9.46. The van der Waals surface area contributed by atoms with Gasteiger partial charge in [0.1, 0.15) is 5.78 Å². The van der Waals surface area contributed by atoms with Crippen LogP contribution in [0.4, 0.5) is 8.78 Å². The third-order valence-electron chi connectivity index (χ3n) is 4.55. The van der Waals surface area contributed by atoms with E-state index < -0.39 is 12.5 Å². The zero-order valence-corrected chi connectivity index (χ0v) is 16.3. The number of ether oxygens (including phenoxy) is 1. The topological polar surface area (TPSA) is 81.2 Å². The summed E-state index contributed by atoms with van der Waals surface area (Å²) in [6.07, 6.45) is 5.14. The van der Waals surface area contributed by atoms with E-state index in [4.69, 9.17) is 4.74 Å². The molecule has 1 unspecified atom stereocenters. The molecule has 29 heavy (non-hydrogen) atoms. The zero-order chi connectivity index (χ0) is 21.0. The summed E-state index contributed by atoms with van der Waals surface area (Å²) in [6.45, 7) is 1.80. The number of hydrogen-bond acceptors (Lipinski definition) is 5. The summed E-state index contributed by atoms with van der Waals surface area (Å²) in [7, 11) is 0. The molecule has 2 aromatic rings. The van der Waals surface area contributed by atoms with Crippen LogP contribution in [0.15, 0.2) is 36.7 Å². The molecular formula is C21H23F2N3O3. The highest BCUT2D eigenvalue weighted by Gasteiger charge is 2.29. The van der Waals surface area contributed by atoms with Gasteiger partial charge >= 0.3 is 0 Å². The predicted octanol–water partition coefficient (Wildman–Crippen LogP) is 3.52. The van der Waals surface area contributed by atoms with Crippen LogP contribution in [0.3, 0.4) is 0 Å². The van der Waals surface area contributed by atoms with Crippen molar-refractivity contribution in [3.05, 3.63) is 53.5 Å². The molecule has 1 fully saturated rings. The highest BCUT2D eigenvalue weighted by Crippen LogP contribution is 2.30. The Hall–Kier alpha value is -2.90. The van der Waals surface area contributed by atoms with E-state index in [0.717, 1.165) is 25.3 Å². The van der Waals surface area contributed by atoms with Crippen LogP contribution in [0.5, 0.6) is 5.88 Å². The minimum atomic E-state index is -2.96. The number of Topliss-reactive ketones (excluding diaryl/α,β-unsaturated/α-hetero) is 1. The van der Waals surface area contributed by atoms with E-state index in [2.05, 4.69) is 15.3 Å². The number of nitrogens with one attached hydrogen (secondary N) is 1. The molecule has 1 aliphatic rings. The van der Waals surface area contributed by atoms with Gasteiger partial charge in [0.25, 0.3) is 11.8 Å². The number of pyridine rings is 2.